The van der Waals surface area contributed by atoms with E-state index in [4.69, 9.17) is 19.7 Å². The van der Waals surface area contributed by atoms with Crippen molar-refractivity contribution in [3.05, 3.63) is 23.3 Å². The number of carboxylic acids is 1. The summed E-state index contributed by atoms with van der Waals surface area (Å²) in [4.78, 5) is 11.1. The lowest BCUT2D eigenvalue weighted by atomic mass is 10.1. The van der Waals surface area contributed by atoms with Gasteiger partial charge in [-0.25, -0.2) is 4.79 Å². The molecular formula is C13H14O5. The van der Waals surface area contributed by atoms with Crippen LogP contribution in [-0.4, -0.2) is 37.0 Å². The highest BCUT2D eigenvalue weighted by molar-refractivity contribution is 5.91. The molecule has 0 fully saturated rings. The van der Waals surface area contributed by atoms with E-state index in [1.165, 1.54) is 26.4 Å². The molecule has 96 valence electrons. The van der Waals surface area contributed by atoms with E-state index in [1.807, 2.05) is 0 Å². The Kier molecular flexibility index (Phi) is 5.03. The average Bonchev–Trinajstić information content (AvgIpc) is 2.38. The lowest BCUT2D eigenvalue weighted by Crippen LogP contribution is -2.02. The van der Waals surface area contributed by atoms with Gasteiger partial charge in [-0.15, -0.1) is 0 Å². The van der Waals surface area contributed by atoms with E-state index in [0.29, 0.717) is 17.1 Å². The molecule has 5 heteroatoms. The molecule has 0 heterocycles. The minimum Gasteiger partial charge on any atom is -0.493 e. The molecule has 18 heavy (non-hydrogen) atoms. The number of hydrogen-bond acceptors (Lipinski definition) is 4. The fourth-order valence-electron chi connectivity index (χ4n) is 1.37. The van der Waals surface area contributed by atoms with E-state index in [0.717, 1.165) is 0 Å². The highest BCUT2D eigenvalue weighted by Gasteiger charge is 2.14. The zero-order valence-corrected chi connectivity index (χ0v) is 10.2. The van der Waals surface area contributed by atoms with Crippen LogP contribution in [0.1, 0.15) is 22.3 Å². The lowest BCUT2D eigenvalue weighted by molar-refractivity contribution is 0.0696. The number of aromatic carboxylic acids is 1. The van der Waals surface area contributed by atoms with Crippen molar-refractivity contribution < 1.29 is 24.5 Å². The highest BCUT2D eigenvalue weighted by atomic mass is 16.5. The first-order valence-corrected chi connectivity index (χ1v) is 5.23. The van der Waals surface area contributed by atoms with Gasteiger partial charge in [0, 0.05) is 18.1 Å². The fraction of sp³-hybridized carbons (Fsp3) is 0.308. The second kappa shape index (κ2) is 6.52. The molecule has 0 atom stereocenters. The standard InChI is InChI=1S/C13H14O5/c1-17-11-7-9(5-3-4-6-14)10(13(15)16)8-12(11)18-2/h7-8,14H,4,6H2,1-2H3,(H,15,16). The van der Waals surface area contributed by atoms with Crippen molar-refractivity contribution in [2.24, 2.45) is 0 Å². The minimum absolute atomic E-state index is 0.0399. The predicted octanol–water partition coefficient (Wildman–Crippen LogP) is 1.14. The SMILES string of the molecule is COc1cc(C#CCCO)c(C(=O)O)cc1OC. The molecule has 1 aromatic carbocycles. The monoisotopic (exact) mass is 250 g/mol. The summed E-state index contributed by atoms with van der Waals surface area (Å²) in [6.45, 7) is -0.0668. The van der Waals surface area contributed by atoms with Crippen LogP contribution < -0.4 is 9.47 Å². The molecule has 2 N–H and O–H groups in total. The van der Waals surface area contributed by atoms with E-state index in [9.17, 15) is 4.79 Å². The van der Waals surface area contributed by atoms with Crippen LogP contribution in [0.2, 0.25) is 0 Å². The largest absolute Gasteiger partial charge is 0.493 e. The van der Waals surface area contributed by atoms with Gasteiger partial charge in [0.15, 0.2) is 11.5 Å². The Bertz CT molecular complexity index is 496. The van der Waals surface area contributed by atoms with Gasteiger partial charge in [0.05, 0.1) is 26.4 Å². The highest BCUT2D eigenvalue weighted by Crippen LogP contribution is 2.30. The summed E-state index contributed by atoms with van der Waals surface area (Å²) in [7, 11) is 2.89. The first-order chi connectivity index (χ1) is 8.63. The Morgan fingerprint density at radius 1 is 1.28 bits per heavy atom. The molecule has 0 spiro atoms. The average molecular weight is 250 g/mol. The van der Waals surface area contributed by atoms with Crippen molar-refractivity contribution in [3.8, 4) is 23.3 Å². The summed E-state index contributed by atoms with van der Waals surface area (Å²) in [6.07, 6.45) is 0.285. The molecule has 1 rings (SSSR count). The summed E-state index contributed by atoms with van der Waals surface area (Å²) in [6, 6.07) is 2.87. The molecule has 0 amide bonds. The predicted molar refractivity (Wildman–Crippen MR) is 65.1 cm³/mol. The molecule has 0 saturated heterocycles. The van der Waals surface area contributed by atoms with Gasteiger partial charge in [-0.3, -0.25) is 0 Å². The summed E-state index contributed by atoms with van der Waals surface area (Å²) in [5, 5.41) is 17.7. The van der Waals surface area contributed by atoms with Gasteiger partial charge in [-0.2, -0.15) is 0 Å². The van der Waals surface area contributed by atoms with Gasteiger partial charge in [-0.05, 0) is 6.07 Å². The third-order valence-corrected chi connectivity index (χ3v) is 2.21. The molecule has 0 radical (unpaired) electrons. The number of rotatable bonds is 4. The first-order valence-electron chi connectivity index (χ1n) is 5.23. The summed E-state index contributed by atoms with van der Waals surface area (Å²) >= 11 is 0. The van der Waals surface area contributed by atoms with E-state index < -0.39 is 5.97 Å². The number of aliphatic hydroxyl groups is 1. The van der Waals surface area contributed by atoms with Crippen LogP contribution in [0.25, 0.3) is 0 Å². The van der Waals surface area contributed by atoms with Gasteiger partial charge in [0.1, 0.15) is 0 Å². The molecule has 0 aliphatic carbocycles. The maximum Gasteiger partial charge on any atom is 0.337 e. The summed E-state index contributed by atoms with van der Waals surface area (Å²) in [5.41, 5.74) is 0.367. The molecule has 1 aromatic rings. The van der Waals surface area contributed by atoms with E-state index in [2.05, 4.69) is 11.8 Å². The fourth-order valence-corrected chi connectivity index (χ4v) is 1.37. The second-order valence-electron chi connectivity index (χ2n) is 3.33. The Morgan fingerprint density at radius 3 is 2.39 bits per heavy atom. The van der Waals surface area contributed by atoms with E-state index >= 15 is 0 Å². The number of carbonyl (C=O) groups is 1. The van der Waals surface area contributed by atoms with Crippen LogP contribution in [0.4, 0.5) is 0 Å². The number of ether oxygens (including phenoxy) is 2. The van der Waals surface area contributed by atoms with Crippen molar-refractivity contribution in [1.29, 1.82) is 0 Å². The van der Waals surface area contributed by atoms with Crippen molar-refractivity contribution >= 4 is 5.97 Å². The van der Waals surface area contributed by atoms with Gasteiger partial charge in [0.2, 0.25) is 0 Å². The minimum atomic E-state index is -1.09. The van der Waals surface area contributed by atoms with Gasteiger partial charge < -0.3 is 19.7 Å². The van der Waals surface area contributed by atoms with Crippen LogP contribution in [0.5, 0.6) is 11.5 Å². The van der Waals surface area contributed by atoms with E-state index in [1.54, 1.807) is 0 Å². The number of benzene rings is 1. The van der Waals surface area contributed by atoms with Gasteiger partial charge in [0.25, 0.3) is 0 Å². The molecule has 0 bridgehead atoms. The van der Waals surface area contributed by atoms with Crippen LogP contribution in [0.15, 0.2) is 12.1 Å². The first kappa shape index (κ1) is 13.9. The normalized spacial score (nSPS) is 9.28. The Balaban J connectivity index is 3.30. The molecule has 0 unspecified atom stereocenters. The van der Waals surface area contributed by atoms with Crippen LogP contribution >= 0.6 is 0 Å². The number of hydrogen-bond donors (Lipinski definition) is 2. The third kappa shape index (κ3) is 3.15. The smallest absolute Gasteiger partial charge is 0.337 e. The Hall–Kier alpha value is -2.19. The quantitative estimate of drug-likeness (QED) is 0.783. The summed E-state index contributed by atoms with van der Waals surface area (Å²) in [5.74, 6) is 5.03. The summed E-state index contributed by atoms with van der Waals surface area (Å²) < 4.78 is 10.1. The molecular weight excluding hydrogens is 236 g/mol. The lowest BCUT2D eigenvalue weighted by Gasteiger charge is -2.09. The van der Waals surface area contributed by atoms with Gasteiger partial charge in [-0.1, -0.05) is 11.8 Å². The van der Waals surface area contributed by atoms with Crippen LogP contribution in [0.3, 0.4) is 0 Å². The topological polar surface area (TPSA) is 76.0 Å². The zero-order valence-electron chi connectivity index (χ0n) is 10.2. The van der Waals surface area contributed by atoms with Crippen molar-refractivity contribution in [2.45, 2.75) is 6.42 Å². The maximum absolute atomic E-state index is 11.1. The molecule has 0 aromatic heterocycles. The van der Waals surface area contributed by atoms with Crippen molar-refractivity contribution in [2.75, 3.05) is 20.8 Å². The van der Waals surface area contributed by atoms with Crippen LogP contribution in [-0.2, 0) is 0 Å². The second-order valence-corrected chi connectivity index (χ2v) is 3.33. The Morgan fingerprint density at radius 2 is 1.89 bits per heavy atom. The van der Waals surface area contributed by atoms with Crippen LogP contribution in [0, 0.1) is 11.8 Å². The van der Waals surface area contributed by atoms with Gasteiger partial charge >= 0.3 is 5.97 Å². The molecule has 5 nitrogen and oxygen atoms in total. The Labute approximate surface area is 105 Å². The molecule has 0 saturated carbocycles. The van der Waals surface area contributed by atoms with E-state index in [-0.39, 0.29) is 18.6 Å². The molecule has 0 aliphatic rings. The molecule has 0 aliphatic heterocycles. The number of methoxy groups -OCH3 is 2. The number of aliphatic hydroxyl groups excluding tert-OH is 1. The zero-order chi connectivity index (χ0) is 13.5. The van der Waals surface area contributed by atoms with Crippen molar-refractivity contribution in [1.82, 2.24) is 0 Å². The third-order valence-electron chi connectivity index (χ3n) is 2.21. The number of carboxylic acid groups (broad SMARTS) is 1. The van der Waals surface area contributed by atoms with Crippen molar-refractivity contribution in [3.63, 3.8) is 0 Å². The maximum atomic E-state index is 11.1.